The SMILES string of the molecule is CCn1cc(-n2c(C)cc3ccc(Cl)c(C)c32)cn1. The summed E-state index contributed by atoms with van der Waals surface area (Å²) in [5.74, 6) is 0. The number of hydrogen-bond acceptors (Lipinski definition) is 1. The third-order valence-corrected chi connectivity index (χ3v) is 3.95. The smallest absolute Gasteiger partial charge is 0.0840 e. The first kappa shape index (κ1) is 12.3. The van der Waals surface area contributed by atoms with Crippen molar-refractivity contribution >= 4 is 22.5 Å². The Labute approximate surface area is 117 Å². The molecule has 0 aliphatic heterocycles. The Morgan fingerprint density at radius 3 is 2.74 bits per heavy atom. The maximum atomic E-state index is 6.25. The highest BCUT2D eigenvalue weighted by Gasteiger charge is 2.12. The molecular formula is C15H16ClN3. The van der Waals surface area contributed by atoms with Gasteiger partial charge in [-0.15, -0.1) is 0 Å². The van der Waals surface area contributed by atoms with E-state index in [1.54, 1.807) is 0 Å². The lowest BCUT2D eigenvalue weighted by Crippen LogP contribution is -1.97. The van der Waals surface area contributed by atoms with Crippen molar-refractivity contribution in [2.45, 2.75) is 27.3 Å². The van der Waals surface area contributed by atoms with Gasteiger partial charge in [0.25, 0.3) is 0 Å². The van der Waals surface area contributed by atoms with Crippen LogP contribution in [0.4, 0.5) is 0 Å². The Bertz CT molecular complexity index is 752. The molecule has 2 aromatic heterocycles. The molecule has 0 unspecified atom stereocenters. The van der Waals surface area contributed by atoms with Gasteiger partial charge in [0.05, 0.1) is 17.4 Å². The molecule has 4 heteroatoms. The molecule has 0 fully saturated rings. The number of aryl methyl sites for hydroxylation is 3. The first-order valence-electron chi connectivity index (χ1n) is 6.41. The zero-order valence-electron chi connectivity index (χ0n) is 11.3. The van der Waals surface area contributed by atoms with Crippen LogP contribution in [0.1, 0.15) is 18.2 Å². The summed E-state index contributed by atoms with van der Waals surface area (Å²) in [5, 5.41) is 6.37. The summed E-state index contributed by atoms with van der Waals surface area (Å²) in [6, 6.07) is 6.21. The van der Waals surface area contributed by atoms with E-state index in [1.165, 1.54) is 16.6 Å². The fourth-order valence-corrected chi connectivity index (χ4v) is 2.70. The van der Waals surface area contributed by atoms with Crippen molar-refractivity contribution in [3.05, 3.63) is 46.9 Å². The molecule has 0 aliphatic rings. The van der Waals surface area contributed by atoms with Crippen LogP contribution < -0.4 is 0 Å². The molecule has 0 spiro atoms. The molecule has 0 saturated carbocycles. The zero-order chi connectivity index (χ0) is 13.6. The lowest BCUT2D eigenvalue weighted by molar-refractivity contribution is 0.659. The Morgan fingerprint density at radius 1 is 1.26 bits per heavy atom. The maximum absolute atomic E-state index is 6.25. The number of rotatable bonds is 2. The van der Waals surface area contributed by atoms with Gasteiger partial charge in [-0.1, -0.05) is 17.7 Å². The second kappa shape index (κ2) is 4.42. The number of benzene rings is 1. The molecule has 3 rings (SSSR count). The van der Waals surface area contributed by atoms with Gasteiger partial charge in [0, 0.05) is 28.8 Å². The molecule has 3 aromatic rings. The maximum Gasteiger partial charge on any atom is 0.0840 e. The highest BCUT2D eigenvalue weighted by molar-refractivity contribution is 6.32. The summed E-state index contributed by atoms with van der Waals surface area (Å²) in [6.07, 6.45) is 3.96. The number of fused-ring (bicyclic) bond motifs is 1. The van der Waals surface area contributed by atoms with E-state index in [-0.39, 0.29) is 0 Å². The molecule has 0 radical (unpaired) electrons. The van der Waals surface area contributed by atoms with Crippen molar-refractivity contribution in [1.29, 1.82) is 0 Å². The summed E-state index contributed by atoms with van der Waals surface area (Å²) < 4.78 is 4.15. The van der Waals surface area contributed by atoms with Crippen LogP contribution in [0.3, 0.4) is 0 Å². The lowest BCUT2D eigenvalue weighted by atomic mass is 10.1. The fourth-order valence-electron chi connectivity index (χ4n) is 2.55. The molecule has 0 saturated heterocycles. The number of aromatic nitrogens is 3. The molecule has 0 bridgehead atoms. The summed E-state index contributed by atoms with van der Waals surface area (Å²) >= 11 is 6.25. The molecular weight excluding hydrogens is 258 g/mol. The Kier molecular flexibility index (Phi) is 2.86. The molecule has 2 heterocycles. The van der Waals surface area contributed by atoms with Crippen LogP contribution in [-0.2, 0) is 6.54 Å². The van der Waals surface area contributed by atoms with E-state index in [9.17, 15) is 0 Å². The van der Waals surface area contributed by atoms with Crippen LogP contribution in [0.5, 0.6) is 0 Å². The average Bonchev–Trinajstić information content (AvgIpc) is 2.97. The van der Waals surface area contributed by atoms with Crippen LogP contribution >= 0.6 is 11.6 Å². The molecule has 0 amide bonds. The van der Waals surface area contributed by atoms with Gasteiger partial charge in [0.2, 0.25) is 0 Å². The second-order valence-corrected chi connectivity index (χ2v) is 5.19. The molecule has 98 valence electrons. The Morgan fingerprint density at radius 2 is 2.05 bits per heavy atom. The van der Waals surface area contributed by atoms with Gasteiger partial charge in [0.1, 0.15) is 0 Å². The largest absolute Gasteiger partial charge is 0.311 e. The second-order valence-electron chi connectivity index (χ2n) is 4.79. The van der Waals surface area contributed by atoms with Gasteiger partial charge in [-0.2, -0.15) is 5.10 Å². The van der Waals surface area contributed by atoms with Crippen LogP contribution in [0.15, 0.2) is 30.6 Å². The third kappa shape index (κ3) is 1.85. The van der Waals surface area contributed by atoms with E-state index in [1.807, 2.05) is 16.9 Å². The van der Waals surface area contributed by atoms with E-state index in [0.717, 1.165) is 22.8 Å². The Balaban J connectivity index is 2.33. The highest BCUT2D eigenvalue weighted by Crippen LogP contribution is 2.30. The lowest BCUT2D eigenvalue weighted by Gasteiger charge is -2.08. The van der Waals surface area contributed by atoms with Crippen molar-refractivity contribution in [3.8, 4) is 5.69 Å². The van der Waals surface area contributed by atoms with E-state index < -0.39 is 0 Å². The average molecular weight is 274 g/mol. The molecule has 0 N–H and O–H groups in total. The third-order valence-electron chi connectivity index (χ3n) is 3.54. The van der Waals surface area contributed by atoms with Crippen LogP contribution in [0.25, 0.3) is 16.6 Å². The van der Waals surface area contributed by atoms with Crippen molar-refractivity contribution in [1.82, 2.24) is 14.3 Å². The first-order chi connectivity index (χ1) is 9.11. The van der Waals surface area contributed by atoms with Crippen LogP contribution in [-0.4, -0.2) is 14.3 Å². The highest BCUT2D eigenvalue weighted by atomic mass is 35.5. The van der Waals surface area contributed by atoms with Crippen molar-refractivity contribution < 1.29 is 0 Å². The van der Waals surface area contributed by atoms with E-state index in [2.05, 4.69) is 48.8 Å². The zero-order valence-corrected chi connectivity index (χ0v) is 12.1. The summed E-state index contributed by atoms with van der Waals surface area (Å²) in [7, 11) is 0. The minimum atomic E-state index is 0.801. The van der Waals surface area contributed by atoms with Crippen LogP contribution in [0.2, 0.25) is 5.02 Å². The predicted molar refractivity (Wildman–Crippen MR) is 79.2 cm³/mol. The van der Waals surface area contributed by atoms with E-state index >= 15 is 0 Å². The van der Waals surface area contributed by atoms with Gasteiger partial charge in [0.15, 0.2) is 0 Å². The molecule has 19 heavy (non-hydrogen) atoms. The summed E-state index contributed by atoms with van der Waals surface area (Å²) in [5.41, 5.74) is 4.55. The van der Waals surface area contributed by atoms with Crippen molar-refractivity contribution in [3.63, 3.8) is 0 Å². The standard InChI is InChI=1S/C15H16ClN3/c1-4-18-9-13(8-17-18)19-10(2)7-12-5-6-14(16)11(3)15(12)19/h5-9H,4H2,1-3H3. The van der Waals surface area contributed by atoms with Gasteiger partial charge in [-0.25, -0.2) is 0 Å². The summed E-state index contributed by atoms with van der Waals surface area (Å²) in [4.78, 5) is 0. The summed E-state index contributed by atoms with van der Waals surface area (Å²) in [6.45, 7) is 7.12. The molecule has 0 atom stereocenters. The molecule has 3 nitrogen and oxygen atoms in total. The first-order valence-corrected chi connectivity index (χ1v) is 6.79. The predicted octanol–water partition coefficient (Wildman–Crippen LogP) is 4.12. The van der Waals surface area contributed by atoms with Gasteiger partial charge in [-0.05, 0) is 38.5 Å². The van der Waals surface area contributed by atoms with Crippen LogP contribution in [0, 0.1) is 13.8 Å². The van der Waals surface area contributed by atoms with Gasteiger partial charge < -0.3 is 4.57 Å². The molecule has 0 aliphatic carbocycles. The number of halogens is 1. The number of hydrogen-bond donors (Lipinski definition) is 0. The van der Waals surface area contributed by atoms with Crippen molar-refractivity contribution in [2.75, 3.05) is 0 Å². The van der Waals surface area contributed by atoms with E-state index in [4.69, 9.17) is 11.6 Å². The number of nitrogens with zero attached hydrogens (tertiary/aromatic N) is 3. The monoisotopic (exact) mass is 273 g/mol. The minimum Gasteiger partial charge on any atom is -0.311 e. The fraction of sp³-hybridized carbons (Fsp3) is 0.267. The molecule has 1 aromatic carbocycles. The Hall–Kier alpha value is -1.74. The van der Waals surface area contributed by atoms with Gasteiger partial charge in [-0.3, -0.25) is 4.68 Å². The van der Waals surface area contributed by atoms with Gasteiger partial charge >= 0.3 is 0 Å². The quantitative estimate of drug-likeness (QED) is 0.689. The minimum absolute atomic E-state index is 0.801. The van der Waals surface area contributed by atoms with Crippen molar-refractivity contribution in [2.24, 2.45) is 0 Å². The topological polar surface area (TPSA) is 22.8 Å². The van der Waals surface area contributed by atoms with E-state index in [0.29, 0.717) is 0 Å². The normalized spacial score (nSPS) is 11.4.